The van der Waals surface area contributed by atoms with E-state index in [-0.39, 0.29) is 34.6 Å². The molecule has 4 aromatic rings. The van der Waals surface area contributed by atoms with E-state index in [2.05, 4.69) is 15.4 Å². The lowest BCUT2D eigenvalue weighted by Gasteiger charge is -2.11. The molecule has 10 nitrogen and oxygen atoms in total. The zero-order valence-electron chi connectivity index (χ0n) is 16.9. The van der Waals surface area contributed by atoms with Crippen molar-refractivity contribution in [2.75, 3.05) is 5.32 Å². The molecule has 1 aliphatic rings. The number of nitrogens with zero attached hydrogens (tertiary/aromatic N) is 5. The molecule has 0 saturated heterocycles. The minimum atomic E-state index is -0.572. The third kappa shape index (κ3) is 3.43. The minimum Gasteiger partial charge on any atom is -0.467 e. The molecule has 160 valence electrons. The minimum absolute atomic E-state index is 0.00430. The molecule has 1 aliphatic heterocycles. The SMILES string of the molecule is N#Cc1cnn(-c2ccccn2)c1NC(=O)c1ccc2c(c1)C(=O)N(Cc1ccco1)C2=O. The number of hydrogen-bond donors (Lipinski definition) is 1. The van der Waals surface area contributed by atoms with Gasteiger partial charge in [-0.25, -0.2) is 4.98 Å². The van der Waals surface area contributed by atoms with Gasteiger partial charge in [-0.15, -0.1) is 0 Å². The van der Waals surface area contributed by atoms with Gasteiger partial charge in [-0.3, -0.25) is 19.3 Å². The van der Waals surface area contributed by atoms with Crippen molar-refractivity contribution in [1.82, 2.24) is 19.7 Å². The van der Waals surface area contributed by atoms with E-state index >= 15 is 0 Å². The van der Waals surface area contributed by atoms with Crippen molar-refractivity contribution in [2.45, 2.75) is 6.54 Å². The smallest absolute Gasteiger partial charge is 0.261 e. The van der Waals surface area contributed by atoms with E-state index in [1.807, 2.05) is 6.07 Å². The summed E-state index contributed by atoms with van der Waals surface area (Å²) in [7, 11) is 0. The quantitative estimate of drug-likeness (QED) is 0.474. The highest BCUT2D eigenvalue weighted by Gasteiger charge is 2.36. The number of hydrogen-bond acceptors (Lipinski definition) is 7. The van der Waals surface area contributed by atoms with E-state index < -0.39 is 17.7 Å². The second-order valence-electron chi connectivity index (χ2n) is 7.11. The highest BCUT2D eigenvalue weighted by Crippen LogP contribution is 2.27. The first kappa shape index (κ1) is 19.9. The highest BCUT2D eigenvalue weighted by atomic mass is 16.3. The number of carbonyl (C=O) groups excluding carboxylic acids is 3. The normalized spacial score (nSPS) is 12.5. The predicted molar refractivity (Wildman–Crippen MR) is 113 cm³/mol. The number of anilines is 1. The molecule has 1 N–H and O–H groups in total. The van der Waals surface area contributed by atoms with Gasteiger partial charge in [-0.2, -0.15) is 15.0 Å². The maximum absolute atomic E-state index is 13.0. The van der Waals surface area contributed by atoms with E-state index in [0.717, 1.165) is 4.90 Å². The summed E-state index contributed by atoms with van der Waals surface area (Å²) < 4.78 is 6.57. The molecule has 10 heteroatoms. The van der Waals surface area contributed by atoms with Crippen LogP contribution in [0.25, 0.3) is 5.82 Å². The molecule has 0 radical (unpaired) electrons. The molecule has 0 unspecified atom stereocenters. The molecule has 3 aromatic heterocycles. The Morgan fingerprint density at radius 1 is 1.09 bits per heavy atom. The zero-order valence-corrected chi connectivity index (χ0v) is 16.9. The van der Waals surface area contributed by atoms with Crippen LogP contribution in [0, 0.1) is 11.3 Å². The van der Waals surface area contributed by atoms with E-state index in [0.29, 0.717) is 11.6 Å². The highest BCUT2D eigenvalue weighted by molar-refractivity contribution is 6.22. The number of aromatic nitrogens is 3. The van der Waals surface area contributed by atoms with E-state index in [9.17, 15) is 19.6 Å². The van der Waals surface area contributed by atoms with E-state index in [1.165, 1.54) is 35.3 Å². The van der Waals surface area contributed by atoms with Gasteiger partial charge in [0, 0.05) is 11.8 Å². The number of imide groups is 1. The van der Waals surface area contributed by atoms with Gasteiger partial charge in [0.25, 0.3) is 17.7 Å². The third-order valence-corrected chi connectivity index (χ3v) is 5.11. The fourth-order valence-electron chi connectivity index (χ4n) is 3.52. The second-order valence-corrected chi connectivity index (χ2v) is 7.11. The Bertz CT molecular complexity index is 1430. The number of fused-ring (bicyclic) bond motifs is 1. The summed E-state index contributed by atoms with van der Waals surface area (Å²) in [5.41, 5.74) is 0.621. The number of pyridine rings is 1. The van der Waals surface area contributed by atoms with Gasteiger partial charge in [0.05, 0.1) is 30.1 Å². The standard InChI is InChI=1S/C23H14N6O4/c24-11-15-12-26-29(19-5-1-2-8-25-19)20(15)27-21(30)14-6-7-17-18(10-14)23(32)28(22(17)31)13-16-4-3-9-33-16/h1-10,12H,13H2,(H,27,30). The summed E-state index contributed by atoms with van der Waals surface area (Å²) in [6, 6.07) is 14.7. The number of furan rings is 1. The fraction of sp³-hybridized carbons (Fsp3) is 0.0435. The van der Waals surface area contributed by atoms with Gasteiger partial charge < -0.3 is 9.73 Å². The molecule has 0 fully saturated rings. The fourth-order valence-corrected chi connectivity index (χ4v) is 3.52. The van der Waals surface area contributed by atoms with Crippen LogP contribution < -0.4 is 5.32 Å². The zero-order chi connectivity index (χ0) is 22.9. The largest absolute Gasteiger partial charge is 0.467 e. The molecule has 0 saturated carbocycles. The van der Waals surface area contributed by atoms with Gasteiger partial charge in [-0.05, 0) is 42.5 Å². The van der Waals surface area contributed by atoms with Gasteiger partial charge in [0.1, 0.15) is 17.4 Å². The van der Waals surface area contributed by atoms with Gasteiger partial charge in [-0.1, -0.05) is 6.07 Å². The van der Waals surface area contributed by atoms with Crippen LogP contribution in [-0.4, -0.2) is 37.4 Å². The van der Waals surface area contributed by atoms with Crippen LogP contribution in [-0.2, 0) is 6.54 Å². The lowest BCUT2D eigenvalue weighted by molar-refractivity contribution is 0.0631. The molecule has 5 rings (SSSR count). The Labute approximate surface area is 186 Å². The van der Waals surface area contributed by atoms with Crippen molar-refractivity contribution in [3.05, 3.63) is 95.2 Å². The van der Waals surface area contributed by atoms with Crippen LogP contribution in [0.15, 0.2) is 71.6 Å². The molecule has 0 aliphatic carbocycles. The molecule has 3 amide bonds. The van der Waals surface area contributed by atoms with Gasteiger partial charge >= 0.3 is 0 Å². The molecule has 1 aromatic carbocycles. The van der Waals surface area contributed by atoms with E-state index in [4.69, 9.17) is 4.42 Å². The van der Waals surface area contributed by atoms with Crippen LogP contribution >= 0.6 is 0 Å². The Morgan fingerprint density at radius 2 is 1.94 bits per heavy atom. The average Bonchev–Trinajstić information content (AvgIpc) is 3.56. The Kier molecular flexibility index (Phi) is 4.76. The maximum Gasteiger partial charge on any atom is 0.261 e. The number of rotatable bonds is 5. The topological polar surface area (TPSA) is 134 Å². The van der Waals surface area contributed by atoms with Crippen LogP contribution in [0.1, 0.15) is 42.4 Å². The summed E-state index contributed by atoms with van der Waals surface area (Å²) in [4.78, 5) is 43.7. The molecule has 4 heterocycles. The predicted octanol–water partition coefficient (Wildman–Crippen LogP) is 2.78. The van der Waals surface area contributed by atoms with Crippen molar-refractivity contribution in [3.8, 4) is 11.9 Å². The number of benzene rings is 1. The number of carbonyl (C=O) groups is 3. The summed E-state index contributed by atoms with van der Waals surface area (Å²) in [6.45, 7) is -0.00430. The summed E-state index contributed by atoms with van der Waals surface area (Å²) >= 11 is 0. The third-order valence-electron chi connectivity index (χ3n) is 5.11. The first-order valence-electron chi connectivity index (χ1n) is 9.80. The summed E-state index contributed by atoms with van der Waals surface area (Å²) in [5.74, 6) is -0.525. The van der Waals surface area contributed by atoms with E-state index in [1.54, 1.807) is 36.5 Å². The maximum atomic E-state index is 13.0. The van der Waals surface area contributed by atoms with Gasteiger partial charge in [0.15, 0.2) is 11.6 Å². The monoisotopic (exact) mass is 438 g/mol. The summed E-state index contributed by atoms with van der Waals surface area (Å²) in [6.07, 6.45) is 4.34. The molecule has 0 atom stereocenters. The van der Waals surface area contributed by atoms with Crippen molar-refractivity contribution in [2.24, 2.45) is 0 Å². The summed E-state index contributed by atoms with van der Waals surface area (Å²) in [5, 5.41) is 16.2. The molecular formula is C23H14N6O4. The Balaban J connectivity index is 1.43. The van der Waals surface area contributed by atoms with Crippen molar-refractivity contribution >= 4 is 23.5 Å². The molecule has 0 bridgehead atoms. The first-order chi connectivity index (χ1) is 16.1. The molecule has 33 heavy (non-hydrogen) atoms. The molecule has 0 spiro atoms. The Morgan fingerprint density at radius 3 is 2.67 bits per heavy atom. The van der Waals surface area contributed by atoms with Crippen LogP contribution in [0.3, 0.4) is 0 Å². The van der Waals surface area contributed by atoms with Crippen molar-refractivity contribution in [1.29, 1.82) is 5.26 Å². The van der Waals surface area contributed by atoms with Crippen molar-refractivity contribution in [3.63, 3.8) is 0 Å². The lowest BCUT2D eigenvalue weighted by Crippen LogP contribution is -2.28. The molecular weight excluding hydrogens is 424 g/mol. The van der Waals surface area contributed by atoms with Crippen molar-refractivity contribution < 1.29 is 18.8 Å². The number of nitrogens with one attached hydrogen (secondary N) is 1. The first-order valence-corrected chi connectivity index (χ1v) is 9.80. The second kappa shape index (κ2) is 7.90. The van der Waals surface area contributed by atoms with Gasteiger partial charge in [0.2, 0.25) is 0 Å². The van der Waals surface area contributed by atoms with Crippen LogP contribution in [0.2, 0.25) is 0 Å². The van der Waals surface area contributed by atoms with Crippen LogP contribution in [0.4, 0.5) is 5.82 Å². The van der Waals surface area contributed by atoms with Crippen LogP contribution in [0.5, 0.6) is 0 Å². The number of nitriles is 1. The lowest BCUT2D eigenvalue weighted by atomic mass is 10.1. The Hall–Kier alpha value is -5.04. The number of amides is 3. The average molecular weight is 438 g/mol.